The number of thiol groups is 1. The lowest BCUT2D eigenvalue weighted by Crippen LogP contribution is -2.16. The average molecular weight is 442 g/mol. The molecule has 0 unspecified atom stereocenters. The van der Waals surface area contributed by atoms with Crippen molar-refractivity contribution in [3.8, 4) is 11.8 Å². The number of fused-ring (bicyclic) bond motifs is 1. The lowest BCUT2D eigenvalue weighted by molar-refractivity contribution is 0.141. The van der Waals surface area contributed by atoms with Gasteiger partial charge in [-0.25, -0.2) is 18.7 Å². The van der Waals surface area contributed by atoms with Crippen LogP contribution in [0, 0.1) is 17.1 Å². The molecule has 1 N–H and O–H groups in total. The normalized spacial score (nSPS) is 16.7. The Balaban J connectivity index is 1.77. The second-order valence-electron chi connectivity index (χ2n) is 8.13. The van der Waals surface area contributed by atoms with Crippen LogP contribution < -0.4 is 10.1 Å². The van der Waals surface area contributed by atoms with Crippen molar-refractivity contribution in [1.29, 1.82) is 5.26 Å². The van der Waals surface area contributed by atoms with Gasteiger partial charge >= 0.3 is 0 Å². The third-order valence-electron chi connectivity index (χ3n) is 4.64. The van der Waals surface area contributed by atoms with E-state index < -0.39 is 15.6 Å². The van der Waals surface area contributed by atoms with Crippen LogP contribution in [-0.2, 0) is 14.6 Å². The summed E-state index contributed by atoms with van der Waals surface area (Å²) in [5, 5.41) is 13.6. The fourth-order valence-corrected chi connectivity index (χ4v) is 4.18. The average Bonchev–Trinajstić information content (AvgIpc) is 3.21. The Morgan fingerprint density at radius 2 is 2.10 bits per heavy atom. The number of nitrogens with zero attached hydrogens (tertiary/aromatic N) is 4. The molecule has 1 fully saturated rings. The van der Waals surface area contributed by atoms with Crippen LogP contribution in [0.2, 0.25) is 0 Å². The summed E-state index contributed by atoms with van der Waals surface area (Å²) in [6.45, 7) is 1.09. The van der Waals surface area contributed by atoms with Crippen molar-refractivity contribution in [2.75, 3.05) is 37.3 Å². The molecule has 1 aromatic heterocycles. The highest BCUT2D eigenvalue weighted by molar-refractivity contribution is 8.03. The number of ether oxygens (including phenoxy) is 2. The highest BCUT2D eigenvalue weighted by Crippen LogP contribution is 2.34. The second kappa shape index (κ2) is 8.57. The minimum absolute atomic E-state index is 0.135. The zero-order valence-electron chi connectivity index (χ0n) is 17.6. The molecule has 0 saturated carbocycles. The Labute approximate surface area is 181 Å². The molecule has 0 bridgehead atoms. The van der Waals surface area contributed by atoms with Gasteiger partial charge in [0, 0.05) is 12.5 Å². The van der Waals surface area contributed by atoms with Gasteiger partial charge in [0.1, 0.15) is 35.9 Å². The first-order chi connectivity index (χ1) is 14.8. The van der Waals surface area contributed by atoms with Crippen LogP contribution >= 0.6 is 0 Å². The second-order valence-corrected chi connectivity index (χ2v) is 12.2. The Hall–Kier alpha value is -3.09. The summed E-state index contributed by atoms with van der Waals surface area (Å²) in [7, 11) is -1.44. The third kappa shape index (κ3) is 4.98. The number of anilines is 2. The van der Waals surface area contributed by atoms with Crippen molar-refractivity contribution in [2.24, 2.45) is 4.36 Å². The number of rotatable bonds is 5. The molecule has 0 radical (unpaired) electrons. The molecule has 0 aliphatic carbocycles. The molecule has 1 atom stereocenters. The number of hydrogen-bond donors (Lipinski definition) is 2. The van der Waals surface area contributed by atoms with Gasteiger partial charge in [0.25, 0.3) is 0 Å². The molecule has 7 nitrogen and oxygen atoms in total. The highest BCUT2D eigenvalue weighted by atomic mass is 32.2. The summed E-state index contributed by atoms with van der Waals surface area (Å²) < 4.78 is 30.0. The van der Waals surface area contributed by atoms with Crippen molar-refractivity contribution in [3.63, 3.8) is 0 Å². The van der Waals surface area contributed by atoms with Gasteiger partial charge in [0.05, 0.1) is 41.1 Å². The SMILES string of the molecule is C[SH](C)(C)=Nc1cc(C#N)c2c(Nc3ccc(F)cc3O[C@H]3CCOC3)ncnc2c1. The monoisotopic (exact) mass is 441 g/mol. The predicted octanol–water partition coefficient (Wildman–Crippen LogP) is 4.14. The van der Waals surface area contributed by atoms with E-state index in [4.69, 9.17) is 13.8 Å². The zero-order chi connectivity index (χ0) is 22.0. The van der Waals surface area contributed by atoms with Gasteiger partial charge in [-0.05, 0) is 43.0 Å². The number of benzene rings is 2. The lowest BCUT2D eigenvalue weighted by Gasteiger charge is -2.17. The van der Waals surface area contributed by atoms with Gasteiger partial charge in [-0.1, -0.05) is 0 Å². The van der Waals surface area contributed by atoms with E-state index in [0.29, 0.717) is 46.9 Å². The van der Waals surface area contributed by atoms with Crippen LogP contribution in [0.25, 0.3) is 10.9 Å². The van der Waals surface area contributed by atoms with E-state index in [2.05, 4.69) is 40.1 Å². The van der Waals surface area contributed by atoms with E-state index in [-0.39, 0.29) is 6.10 Å². The smallest absolute Gasteiger partial charge is 0.146 e. The fourth-order valence-electron chi connectivity index (χ4n) is 3.37. The molecule has 0 amide bonds. The summed E-state index contributed by atoms with van der Waals surface area (Å²) in [5.41, 5.74) is 2.30. The maximum atomic E-state index is 13.9. The van der Waals surface area contributed by atoms with Crippen molar-refractivity contribution in [2.45, 2.75) is 12.5 Å². The molecule has 1 aliphatic rings. The molecule has 1 aliphatic heterocycles. The van der Waals surface area contributed by atoms with E-state index >= 15 is 0 Å². The number of halogens is 1. The highest BCUT2D eigenvalue weighted by Gasteiger charge is 2.20. The van der Waals surface area contributed by atoms with Crippen LogP contribution in [0.1, 0.15) is 12.0 Å². The van der Waals surface area contributed by atoms with Crippen LogP contribution in [0.5, 0.6) is 5.75 Å². The Morgan fingerprint density at radius 3 is 2.81 bits per heavy atom. The summed E-state index contributed by atoms with van der Waals surface area (Å²) >= 11 is 0. The van der Waals surface area contributed by atoms with Crippen molar-refractivity contribution < 1.29 is 13.9 Å². The fraction of sp³-hybridized carbons (Fsp3) is 0.318. The summed E-state index contributed by atoms with van der Waals surface area (Å²) in [5.74, 6) is 0.407. The number of aromatic nitrogens is 2. The van der Waals surface area contributed by atoms with Gasteiger partial charge in [-0.2, -0.15) is 15.1 Å². The van der Waals surface area contributed by atoms with Gasteiger partial charge in [-0.15, -0.1) is 0 Å². The first-order valence-electron chi connectivity index (χ1n) is 9.87. The van der Waals surface area contributed by atoms with Gasteiger partial charge in [-0.3, -0.25) is 0 Å². The molecule has 162 valence electrons. The third-order valence-corrected chi connectivity index (χ3v) is 5.47. The Kier molecular flexibility index (Phi) is 5.85. The Bertz CT molecular complexity index is 1220. The molecule has 4 rings (SSSR count). The molecular formula is C22H24FN5O2S. The molecule has 2 heterocycles. The molecule has 0 spiro atoms. The standard InChI is InChI=1S/C22H24FN5O2S/c1-31(2,3)28-16-8-14(11-24)21-19(10-16)25-13-26-22(21)27-18-5-4-15(23)9-20(18)30-17-6-7-29-12-17/h4-5,8-10,13,17,31H,6-7,12H2,1-3H3,(H,25,26,27)/t17-/m0/s1. The predicted molar refractivity (Wildman–Crippen MR) is 122 cm³/mol. The number of nitriles is 1. The lowest BCUT2D eigenvalue weighted by atomic mass is 10.1. The van der Waals surface area contributed by atoms with Crippen LogP contribution in [0.15, 0.2) is 41.0 Å². The van der Waals surface area contributed by atoms with E-state index in [1.165, 1.54) is 18.5 Å². The summed E-state index contributed by atoms with van der Waals surface area (Å²) in [4.78, 5) is 8.68. The van der Waals surface area contributed by atoms with Crippen LogP contribution in [-0.4, -0.2) is 48.1 Å². The zero-order valence-corrected chi connectivity index (χ0v) is 18.5. The maximum absolute atomic E-state index is 13.9. The maximum Gasteiger partial charge on any atom is 0.146 e. The van der Waals surface area contributed by atoms with E-state index in [1.54, 1.807) is 12.1 Å². The topological polar surface area (TPSA) is 92.4 Å². The first kappa shape index (κ1) is 21.2. The van der Waals surface area contributed by atoms with Gasteiger partial charge in [0.15, 0.2) is 0 Å². The number of nitrogens with one attached hydrogen (secondary N) is 1. The van der Waals surface area contributed by atoms with E-state index in [0.717, 1.165) is 12.1 Å². The van der Waals surface area contributed by atoms with Crippen molar-refractivity contribution in [1.82, 2.24) is 9.97 Å². The van der Waals surface area contributed by atoms with Crippen LogP contribution in [0.4, 0.5) is 21.6 Å². The van der Waals surface area contributed by atoms with Crippen LogP contribution in [0.3, 0.4) is 0 Å². The summed E-state index contributed by atoms with van der Waals surface area (Å²) in [6, 6.07) is 10.1. The molecule has 9 heteroatoms. The summed E-state index contributed by atoms with van der Waals surface area (Å²) in [6.07, 6.45) is 8.33. The minimum Gasteiger partial charge on any atom is -0.486 e. The van der Waals surface area contributed by atoms with E-state index in [1.807, 2.05) is 6.07 Å². The molecular weight excluding hydrogens is 417 g/mol. The van der Waals surface area contributed by atoms with Crippen molar-refractivity contribution in [3.05, 3.63) is 48.0 Å². The molecule has 2 aromatic carbocycles. The molecule has 1 saturated heterocycles. The van der Waals surface area contributed by atoms with E-state index in [9.17, 15) is 9.65 Å². The quantitative estimate of drug-likeness (QED) is 0.578. The van der Waals surface area contributed by atoms with Gasteiger partial charge in [0.2, 0.25) is 0 Å². The van der Waals surface area contributed by atoms with Crippen molar-refractivity contribution >= 4 is 37.9 Å². The van der Waals surface area contributed by atoms with Gasteiger partial charge < -0.3 is 14.8 Å². The minimum atomic E-state index is -1.44. The Morgan fingerprint density at radius 1 is 1.26 bits per heavy atom. The number of hydrogen-bond acceptors (Lipinski definition) is 7. The first-order valence-corrected chi connectivity index (χ1v) is 13.0. The molecule has 31 heavy (non-hydrogen) atoms. The largest absolute Gasteiger partial charge is 0.486 e. The molecule has 3 aromatic rings.